The van der Waals surface area contributed by atoms with Gasteiger partial charge in [0.2, 0.25) is 0 Å². The van der Waals surface area contributed by atoms with Gasteiger partial charge in [0.25, 0.3) is 0 Å². The number of carbonyl (C=O) groups excluding carboxylic acids is 1. The van der Waals surface area contributed by atoms with Gasteiger partial charge in [-0.1, -0.05) is 11.6 Å². The predicted molar refractivity (Wildman–Crippen MR) is 160 cm³/mol. The van der Waals surface area contributed by atoms with Crippen LogP contribution in [0.5, 0.6) is 0 Å². The number of halogens is 2. The second-order valence-electron chi connectivity index (χ2n) is 9.17. The molecule has 1 aliphatic heterocycles. The number of carbonyl (C=O) groups is 1. The van der Waals surface area contributed by atoms with Crippen molar-refractivity contribution in [1.82, 2.24) is 9.88 Å². The van der Waals surface area contributed by atoms with E-state index in [9.17, 15) is 9.18 Å². The average Bonchev–Trinajstić information content (AvgIpc) is 3.33. The largest absolute Gasteiger partial charge is 0.465 e. The van der Waals surface area contributed by atoms with Gasteiger partial charge in [0, 0.05) is 34.2 Å². The number of piperidine rings is 1. The summed E-state index contributed by atoms with van der Waals surface area (Å²) in [7, 11) is 3.50. The third kappa shape index (κ3) is 7.24. The quantitative estimate of drug-likeness (QED) is 0.128. The number of nitrogens with zero attached hydrogens (tertiary/aromatic N) is 2. The number of thiol groups is 1. The number of ether oxygens (including phenoxy) is 1. The molecular weight excluding hydrogens is 559 g/mol. The summed E-state index contributed by atoms with van der Waals surface area (Å²) in [5.74, 6) is -0.0226. The van der Waals surface area contributed by atoms with Gasteiger partial charge in [0.15, 0.2) is 0 Å². The van der Waals surface area contributed by atoms with Gasteiger partial charge in [-0.15, -0.1) is 24.0 Å². The molecule has 0 amide bonds. The number of nitrogens with two attached hydrogens (primary N) is 2. The lowest BCUT2D eigenvalue weighted by atomic mass is 9.90. The second kappa shape index (κ2) is 12.7. The number of pyridine rings is 1. The molecule has 8 nitrogen and oxygen atoms in total. The summed E-state index contributed by atoms with van der Waals surface area (Å²) in [5, 5.41) is 7.72. The lowest BCUT2D eigenvalue weighted by molar-refractivity contribution is 0.0604. The summed E-state index contributed by atoms with van der Waals surface area (Å²) in [5.41, 5.74) is 14.4. The minimum absolute atomic E-state index is 0.122. The minimum Gasteiger partial charge on any atom is -0.465 e. The zero-order valence-electron chi connectivity index (χ0n) is 21.5. The predicted octanol–water partition coefficient (Wildman–Crippen LogP) is 5.74. The van der Waals surface area contributed by atoms with E-state index in [4.69, 9.17) is 27.8 Å². The van der Waals surface area contributed by atoms with Gasteiger partial charge in [0.1, 0.15) is 16.5 Å². The smallest absolute Gasteiger partial charge is 0.348 e. The SMILES string of the molecule is COC(=O)c1sc(Nc2cc(NC(/C=C(\N)c3cc(Cl)ccc3F)=C(/N)S)ccn2)cc1C1CCN(C)CC1. The number of thiophene rings is 1. The molecule has 0 spiro atoms. The van der Waals surface area contributed by atoms with Crippen molar-refractivity contribution in [1.29, 1.82) is 0 Å². The van der Waals surface area contributed by atoms with E-state index < -0.39 is 5.82 Å². The van der Waals surface area contributed by atoms with E-state index in [0.29, 0.717) is 27.1 Å². The van der Waals surface area contributed by atoms with Gasteiger partial charge in [-0.3, -0.25) is 0 Å². The van der Waals surface area contributed by atoms with Gasteiger partial charge < -0.3 is 31.7 Å². The van der Waals surface area contributed by atoms with Gasteiger partial charge in [-0.25, -0.2) is 14.2 Å². The Balaban J connectivity index is 1.55. The van der Waals surface area contributed by atoms with Crippen LogP contribution in [0, 0.1) is 5.82 Å². The fourth-order valence-electron chi connectivity index (χ4n) is 4.33. The number of nitrogens with one attached hydrogen (secondary N) is 2. The highest BCUT2D eigenvalue weighted by Crippen LogP contribution is 2.38. The molecule has 1 fully saturated rings. The standard InChI is InChI=1S/C27H30ClFN6O2S2/c1-35-9-6-15(7-10-35)18-13-24(39-25(18)27(36)37-2)34-23-12-17(5-8-32-23)33-22(26(31)38)14-21(30)19-11-16(28)3-4-20(19)29/h3-5,8,11-15,38H,6-7,9-10,30-31H2,1-2H3,(H2,32,33,34)/b21-14-,26-22-. The van der Waals surface area contributed by atoms with Gasteiger partial charge >= 0.3 is 5.97 Å². The van der Waals surface area contributed by atoms with E-state index in [-0.39, 0.29) is 28.2 Å². The maximum absolute atomic E-state index is 14.3. The van der Waals surface area contributed by atoms with Crippen LogP contribution in [0.25, 0.3) is 5.70 Å². The van der Waals surface area contributed by atoms with Crippen LogP contribution in [-0.2, 0) is 4.74 Å². The zero-order chi connectivity index (χ0) is 28.1. The molecule has 0 saturated carbocycles. The second-order valence-corrected chi connectivity index (χ2v) is 11.1. The molecule has 0 radical (unpaired) electrons. The summed E-state index contributed by atoms with van der Waals surface area (Å²) in [6.45, 7) is 1.96. The molecular formula is C27H30ClFN6O2S2. The summed E-state index contributed by atoms with van der Waals surface area (Å²) < 4.78 is 19.3. The number of benzene rings is 1. The van der Waals surface area contributed by atoms with E-state index >= 15 is 0 Å². The Bertz CT molecular complexity index is 1420. The number of hydrogen-bond donors (Lipinski definition) is 5. The van der Waals surface area contributed by atoms with E-state index in [1.807, 2.05) is 6.07 Å². The fraction of sp³-hybridized carbons (Fsp3) is 0.259. The van der Waals surface area contributed by atoms with E-state index in [2.05, 4.69) is 40.2 Å². The first kappa shape index (κ1) is 28.8. The Hall–Kier alpha value is -3.25. The van der Waals surface area contributed by atoms with Crippen LogP contribution in [-0.4, -0.2) is 43.1 Å². The number of hydrogen-bond acceptors (Lipinski definition) is 10. The van der Waals surface area contributed by atoms with Crippen molar-refractivity contribution < 1.29 is 13.9 Å². The van der Waals surface area contributed by atoms with Crippen molar-refractivity contribution in [3.8, 4) is 0 Å². The molecule has 3 heterocycles. The maximum Gasteiger partial charge on any atom is 0.348 e. The number of likely N-dealkylation sites (tertiary alicyclic amines) is 1. The molecule has 6 N–H and O–H groups in total. The molecule has 2 aromatic heterocycles. The highest BCUT2D eigenvalue weighted by molar-refractivity contribution is 7.84. The Morgan fingerprint density at radius 1 is 1.26 bits per heavy atom. The van der Waals surface area contributed by atoms with Crippen molar-refractivity contribution in [3.05, 3.63) is 86.2 Å². The van der Waals surface area contributed by atoms with Crippen molar-refractivity contribution in [2.24, 2.45) is 11.5 Å². The van der Waals surface area contributed by atoms with Crippen LogP contribution in [0.3, 0.4) is 0 Å². The normalized spacial score (nSPS) is 15.6. The van der Waals surface area contributed by atoms with Crippen molar-refractivity contribution >= 4 is 63.7 Å². The van der Waals surface area contributed by atoms with Crippen molar-refractivity contribution in [2.45, 2.75) is 18.8 Å². The zero-order valence-corrected chi connectivity index (χ0v) is 24.0. The van der Waals surface area contributed by atoms with Crippen molar-refractivity contribution in [2.75, 3.05) is 37.9 Å². The molecule has 1 saturated heterocycles. The number of methoxy groups -OCH3 is 1. The van der Waals surface area contributed by atoms with Gasteiger partial charge in [-0.05, 0) is 80.9 Å². The maximum atomic E-state index is 14.3. The highest BCUT2D eigenvalue weighted by atomic mass is 35.5. The summed E-state index contributed by atoms with van der Waals surface area (Å²) in [6, 6.07) is 9.65. The van der Waals surface area contributed by atoms with E-state index in [1.54, 1.807) is 18.3 Å². The molecule has 39 heavy (non-hydrogen) atoms. The average molecular weight is 589 g/mol. The van der Waals surface area contributed by atoms with Crippen molar-refractivity contribution in [3.63, 3.8) is 0 Å². The first-order valence-corrected chi connectivity index (χ1v) is 13.8. The van der Waals surface area contributed by atoms with Crippen LogP contribution >= 0.6 is 35.6 Å². The molecule has 0 unspecified atom stereocenters. The van der Waals surface area contributed by atoms with Crippen LogP contribution in [0.2, 0.25) is 5.02 Å². The number of rotatable bonds is 8. The Labute approximate surface area is 241 Å². The Morgan fingerprint density at radius 2 is 2.00 bits per heavy atom. The molecule has 4 rings (SSSR count). The Morgan fingerprint density at radius 3 is 2.69 bits per heavy atom. The molecule has 206 valence electrons. The molecule has 0 atom stereocenters. The summed E-state index contributed by atoms with van der Waals surface area (Å²) in [4.78, 5) is 19.8. The number of allylic oxidation sites excluding steroid dienone is 1. The lowest BCUT2D eigenvalue weighted by Crippen LogP contribution is -2.29. The molecule has 0 aliphatic carbocycles. The van der Waals surface area contributed by atoms with Crippen LogP contribution in [0.1, 0.15) is 39.6 Å². The van der Waals surface area contributed by atoms with Crippen LogP contribution in [0.4, 0.5) is 20.9 Å². The fourth-order valence-corrected chi connectivity index (χ4v) is 5.69. The first-order valence-electron chi connectivity index (χ1n) is 12.2. The highest BCUT2D eigenvalue weighted by Gasteiger charge is 2.26. The van der Waals surface area contributed by atoms with E-state index in [0.717, 1.165) is 36.5 Å². The summed E-state index contributed by atoms with van der Waals surface area (Å²) >= 11 is 11.6. The Kier molecular flexibility index (Phi) is 9.39. The topological polar surface area (TPSA) is 119 Å². The molecule has 12 heteroatoms. The third-order valence-corrected chi connectivity index (χ3v) is 7.92. The third-order valence-electron chi connectivity index (χ3n) is 6.40. The molecule has 1 aliphatic rings. The molecule has 0 bridgehead atoms. The minimum atomic E-state index is -0.512. The van der Waals surface area contributed by atoms with Crippen LogP contribution in [0.15, 0.2) is 59.4 Å². The number of aromatic nitrogens is 1. The first-order chi connectivity index (χ1) is 18.6. The van der Waals surface area contributed by atoms with E-state index in [1.165, 1.54) is 42.7 Å². The summed E-state index contributed by atoms with van der Waals surface area (Å²) in [6.07, 6.45) is 5.06. The number of esters is 1. The monoisotopic (exact) mass is 588 g/mol. The lowest BCUT2D eigenvalue weighted by Gasteiger charge is -2.29. The van der Waals surface area contributed by atoms with Crippen LogP contribution < -0.4 is 22.1 Å². The van der Waals surface area contributed by atoms with Gasteiger partial charge in [0.05, 0.1) is 22.8 Å². The molecule has 1 aromatic carbocycles. The number of anilines is 3. The van der Waals surface area contributed by atoms with Gasteiger partial charge in [-0.2, -0.15) is 0 Å². The molecule has 3 aromatic rings.